The zero-order valence-corrected chi connectivity index (χ0v) is 11.6. The van der Waals surface area contributed by atoms with Crippen molar-refractivity contribution < 1.29 is 27.0 Å². The highest BCUT2D eigenvalue weighted by molar-refractivity contribution is 7.89. The molecule has 1 fully saturated rings. The van der Waals surface area contributed by atoms with Crippen molar-refractivity contribution in [2.45, 2.75) is 29.9 Å². The molecule has 20 heavy (non-hydrogen) atoms. The van der Waals surface area contributed by atoms with E-state index >= 15 is 0 Å². The summed E-state index contributed by atoms with van der Waals surface area (Å²) in [6.07, 6.45) is -0.313. The van der Waals surface area contributed by atoms with Gasteiger partial charge >= 0.3 is 0 Å². The van der Waals surface area contributed by atoms with Gasteiger partial charge in [-0.2, -0.15) is 0 Å². The Morgan fingerprint density at radius 2 is 2.05 bits per heavy atom. The first-order chi connectivity index (χ1) is 9.26. The first-order valence-electron chi connectivity index (χ1n) is 6.04. The summed E-state index contributed by atoms with van der Waals surface area (Å²) in [5.74, 6) is -2.36. The number of ether oxygens (including phenoxy) is 1. The third-order valence-corrected chi connectivity index (χ3v) is 4.87. The Balaban J connectivity index is 2.20. The van der Waals surface area contributed by atoms with E-state index in [2.05, 4.69) is 0 Å². The fourth-order valence-corrected chi connectivity index (χ4v) is 3.27. The van der Waals surface area contributed by atoms with Crippen LogP contribution in [0.25, 0.3) is 0 Å². The molecule has 2 atom stereocenters. The maximum atomic E-state index is 13.5. The SMILES string of the molecule is CC1OCCC1(O)CNS(=O)(=O)c1c(F)cccc1F. The molecule has 5 nitrogen and oxygen atoms in total. The lowest BCUT2D eigenvalue weighted by atomic mass is 9.97. The van der Waals surface area contributed by atoms with E-state index in [9.17, 15) is 22.3 Å². The highest BCUT2D eigenvalue weighted by Crippen LogP contribution is 2.26. The Labute approximate surface area is 115 Å². The molecule has 2 rings (SSSR count). The molecule has 1 aromatic rings. The van der Waals surface area contributed by atoms with Crippen LogP contribution < -0.4 is 4.72 Å². The highest BCUT2D eigenvalue weighted by atomic mass is 32.2. The average Bonchev–Trinajstić information content (AvgIpc) is 2.68. The maximum absolute atomic E-state index is 13.5. The minimum Gasteiger partial charge on any atom is -0.386 e. The summed E-state index contributed by atoms with van der Waals surface area (Å²) >= 11 is 0. The third-order valence-electron chi connectivity index (χ3n) is 3.42. The first-order valence-corrected chi connectivity index (χ1v) is 7.52. The van der Waals surface area contributed by atoms with Crippen molar-refractivity contribution in [1.82, 2.24) is 4.72 Å². The number of hydrogen-bond donors (Lipinski definition) is 2. The molecule has 0 spiro atoms. The van der Waals surface area contributed by atoms with Crippen molar-refractivity contribution in [2.75, 3.05) is 13.2 Å². The summed E-state index contributed by atoms with van der Waals surface area (Å²) in [5.41, 5.74) is -1.38. The van der Waals surface area contributed by atoms with Crippen LogP contribution in [0.1, 0.15) is 13.3 Å². The van der Waals surface area contributed by atoms with Gasteiger partial charge in [-0.1, -0.05) is 6.07 Å². The average molecular weight is 307 g/mol. The molecule has 8 heteroatoms. The van der Waals surface area contributed by atoms with E-state index in [-0.39, 0.29) is 13.0 Å². The van der Waals surface area contributed by atoms with Gasteiger partial charge in [-0.3, -0.25) is 0 Å². The summed E-state index contributed by atoms with van der Waals surface area (Å²) in [6.45, 7) is 1.53. The fraction of sp³-hybridized carbons (Fsp3) is 0.500. The number of halogens is 2. The summed E-state index contributed by atoms with van der Waals surface area (Å²) in [6, 6.07) is 2.78. The molecular weight excluding hydrogens is 292 g/mol. The molecule has 2 N–H and O–H groups in total. The molecule has 1 aromatic carbocycles. The Bertz CT molecular complexity index is 587. The van der Waals surface area contributed by atoms with E-state index < -0.39 is 38.3 Å². The molecular formula is C12H15F2NO4S. The standard InChI is InChI=1S/C12H15F2NO4S/c1-8-12(16,5-6-19-8)7-15-20(17,18)11-9(13)3-2-4-10(11)14/h2-4,8,15-16H,5-7H2,1H3. The number of hydrogen-bond acceptors (Lipinski definition) is 4. The molecule has 0 aliphatic carbocycles. The van der Waals surface area contributed by atoms with Crippen LogP contribution in [0.4, 0.5) is 8.78 Å². The minimum atomic E-state index is -4.39. The normalized spacial score (nSPS) is 26.9. The fourth-order valence-electron chi connectivity index (χ4n) is 2.03. The highest BCUT2D eigenvalue weighted by Gasteiger charge is 2.40. The summed E-state index contributed by atoms with van der Waals surface area (Å²) in [7, 11) is -4.39. The molecule has 0 aromatic heterocycles. The second kappa shape index (κ2) is 5.36. The van der Waals surface area contributed by atoms with Gasteiger partial charge in [-0.15, -0.1) is 0 Å². The Morgan fingerprint density at radius 3 is 2.55 bits per heavy atom. The van der Waals surface area contributed by atoms with Crippen LogP contribution in [0.5, 0.6) is 0 Å². The number of aliphatic hydroxyl groups is 1. The van der Waals surface area contributed by atoms with E-state index in [4.69, 9.17) is 4.74 Å². The lowest BCUT2D eigenvalue weighted by Gasteiger charge is -2.26. The number of rotatable bonds is 4. The van der Waals surface area contributed by atoms with Crippen LogP contribution in [0, 0.1) is 11.6 Å². The summed E-state index contributed by atoms with van der Waals surface area (Å²) in [5, 5.41) is 10.2. The van der Waals surface area contributed by atoms with Crippen LogP contribution in [0.15, 0.2) is 23.1 Å². The van der Waals surface area contributed by atoms with Gasteiger partial charge < -0.3 is 9.84 Å². The van der Waals surface area contributed by atoms with Crippen LogP contribution in [-0.2, 0) is 14.8 Å². The maximum Gasteiger partial charge on any atom is 0.246 e. The molecule has 112 valence electrons. The Hall–Kier alpha value is -1.09. The van der Waals surface area contributed by atoms with Crippen molar-refractivity contribution in [1.29, 1.82) is 0 Å². The predicted molar refractivity (Wildman–Crippen MR) is 66.5 cm³/mol. The molecule has 1 saturated heterocycles. The predicted octanol–water partition coefficient (Wildman–Crippen LogP) is 0.783. The molecule has 1 heterocycles. The Morgan fingerprint density at radius 1 is 1.45 bits per heavy atom. The molecule has 1 aliphatic rings. The zero-order valence-electron chi connectivity index (χ0n) is 10.8. The van der Waals surface area contributed by atoms with Crippen LogP contribution in [0.3, 0.4) is 0 Å². The molecule has 0 amide bonds. The monoisotopic (exact) mass is 307 g/mol. The van der Waals surface area contributed by atoms with Crippen molar-refractivity contribution in [3.8, 4) is 0 Å². The minimum absolute atomic E-state index is 0.246. The van der Waals surface area contributed by atoms with E-state index in [1.807, 2.05) is 4.72 Å². The van der Waals surface area contributed by atoms with E-state index in [0.29, 0.717) is 6.61 Å². The van der Waals surface area contributed by atoms with Gasteiger partial charge in [0.25, 0.3) is 0 Å². The second-order valence-electron chi connectivity index (χ2n) is 4.74. The molecule has 0 bridgehead atoms. The van der Waals surface area contributed by atoms with Crippen LogP contribution >= 0.6 is 0 Å². The van der Waals surface area contributed by atoms with E-state index in [0.717, 1.165) is 18.2 Å². The number of nitrogens with one attached hydrogen (secondary N) is 1. The van der Waals surface area contributed by atoms with Crippen molar-refractivity contribution in [3.63, 3.8) is 0 Å². The third kappa shape index (κ3) is 2.83. The first kappa shape index (κ1) is 15.3. The zero-order chi connectivity index (χ0) is 15.0. The van der Waals surface area contributed by atoms with Crippen molar-refractivity contribution >= 4 is 10.0 Å². The lowest BCUT2D eigenvalue weighted by Crippen LogP contribution is -2.47. The topological polar surface area (TPSA) is 75.6 Å². The van der Waals surface area contributed by atoms with Crippen LogP contribution in [-0.4, -0.2) is 38.4 Å². The Kier molecular flexibility index (Phi) is 4.10. The molecule has 2 unspecified atom stereocenters. The van der Waals surface area contributed by atoms with Gasteiger partial charge in [0, 0.05) is 19.6 Å². The lowest BCUT2D eigenvalue weighted by molar-refractivity contribution is -0.0228. The van der Waals surface area contributed by atoms with E-state index in [1.165, 1.54) is 0 Å². The van der Waals surface area contributed by atoms with Gasteiger partial charge in [0.1, 0.15) is 17.2 Å². The van der Waals surface area contributed by atoms with Crippen molar-refractivity contribution in [3.05, 3.63) is 29.8 Å². The quantitative estimate of drug-likeness (QED) is 0.862. The second-order valence-corrected chi connectivity index (χ2v) is 6.45. The molecule has 0 radical (unpaired) electrons. The van der Waals surface area contributed by atoms with Gasteiger partial charge in [0.15, 0.2) is 4.90 Å². The van der Waals surface area contributed by atoms with Crippen molar-refractivity contribution in [2.24, 2.45) is 0 Å². The summed E-state index contributed by atoms with van der Waals surface area (Å²) in [4.78, 5) is -1.05. The van der Waals surface area contributed by atoms with Gasteiger partial charge in [0.2, 0.25) is 10.0 Å². The van der Waals surface area contributed by atoms with Gasteiger partial charge in [0.05, 0.1) is 6.10 Å². The van der Waals surface area contributed by atoms with Gasteiger partial charge in [-0.25, -0.2) is 21.9 Å². The number of sulfonamides is 1. The number of benzene rings is 1. The van der Waals surface area contributed by atoms with Gasteiger partial charge in [-0.05, 0) is 19.1 Å². The van der Waals surface area contributed by atoms with E-state index in [1.54, 1.807) is 6.92 Å². The smallest absolute Gasteiger partial charge is 0.246 e. The molecule has 0 saturated carbocycles. The van der Waals surface area contributed by atoms with Crippen LogP contribution in [0.2, 0.25) is 0 Å². The molecule has 1 aliphatic heterocycles. The summed E-state index contributed by atoms with van der Waals surface area (Å²) < 4.78 is 58.0. The largest absolute Gasteiger partial charge is 0.386 e.